The number of hydrogen-bond acceptors (Lipinski definition) is 10. The number of nitrogens with zero attached hydrogens (tertiary/aromatic N) is 6. The first-order valence-electron chi connectivity index (χ1n) is 25.5. The van der Waals surface area contributed by atoms with Crippen molar-refractivity contribution in [1.29, 1.82) is 10.5 Å². The third-order valence-corrected chi connectivity index (χ3v) is 13.5. The summed E-state index contributed by atoms with van der Waals surface area (Å²) >= 11 is 0. The van der Waals surface area contributed by atoms with Gasteiger partial charge in [-0.05, 0) is 181 Å². The number of halogens is 2. The number of aromatic nitrogens is 4. The average molecular weight is 1020 g/mol. The van der Waals surface area contributed by atoms with Crippen molar-refractivity contribution in [2.24, 2.45) is 23.3 Å². The van der Waals surface area contributed by atoms with Gasteiger partial charge in [0, 0.05) is 25.9 Å². The van der Waals surface area contributed by atoms with Crippen LogP contribution < -0.4 is 11.5 Å². The fourth-order valence-electron chi connectivity index (χ4n) is 9.00. The van der Waals surface area contributed by atoms with E-state index < -0.39 is 23.8 Å². The van der Waals surface area contributed by atoms with E-state index in [0.717, 1.165) is 70.4 Å². The number of carbonyl (C=O) groups excluding carboxylic acids is 2. The second kappa shape index (κ2) is 24.0. The van der Waals surface area contributed by atoms with Crippen LogP contribution in [0.15, 0.2) is 146 Å². The average Bonchev–Trinajstić information content (AvgIpc) is 4.39. The SMILES string of the molecule is Cc1cc(C(=O)Cc2cc(C(OCC3CC3)c3ccc(C#N)cc3)ccc2F)n(-c2cccc(CN)c2)n1.Cc1cc(C(=O)Cc2cc(C(OCC3CC3)c3ccc(C#N)cc3)ccc2F)n(-c2cccc(CN)c2)n1. The first-order chi connectivity index (χ1) is 36.9. The lowest BCUT2D eigenvalue weighted by atomic mass is 9.96. The van der Waals surface area contributed by atoms with Crippen molar-refractivity contribution in [3.63, 3.8) is 0 Å². The van der Waals surface area contributed by atoms with Crippen molar-refractivity contribution in [1.82, 2.24) is 19.6 Å². The largest absolute Gasteiger partial charge is 0.369 e. The Labute approximate surface area is 441 Å². The Morgan fingerprint density at radius 2 is 0.947 bits per heavy atom. The molecule has 0 amide bonds. The molecule has 384 valence electrons. The van der Waals surface area contributed by atoms with Crippen molar-refractivity contribution in [2.75, 3.05) is 13.2 Å². The van der Waals surface area contributed by atoms with E-state index >= 15 is 0 Å². The van der Waals surface area contributed by atoms with E-state index in [2.05, 4.69) is 22.3 Å². The molecule has 2 atom stereocenters. The maximum Gasteiger partial charge on any atom is 0.185 e. The molecule has 2 aliphatic rings. The van der Waals surface area contributed by atoms with Gasteiger partial charge >= 0.3 is 0 Å². The van der Waals surface area contributed by atoms with Crippen LogP contribution in [0.25, 0.3) is 11.4 Å². The van der Waals surface area contributed by atoms with Gasteiger partial charge in [-0.25, -0.2) is 18.1 Å². The lowest BCUT2D eigenvalue weighted by Crippen LogP contribution is -2.14. The van der Waals surface area contributed by atoms with E-state index in [-0.39, 0.29) is 24.4 Å². The van der Waals surface area contributed by atoms with E-state index in [1.165, 1.54) is 12.1 Å². The number of carbonyl (C=O) groups is 2. The molecule has 14 heteroatoms. The van der Waals surface area contributed by atoms with Gasteiger partial charge in [0.2, 0.25) is 0 Å². The van der Waals surface area contributed by atoms with E-state index in [0.29, 0.717) is 83.2 Å². The van der Waals surface area contributed by atoms with Crippen molar-refractivity contribution >= 4 is 11.6 Å². The highest BCUT2D eigenvalue weighted by Gasteiger charge is 2.28. The number of benzene rings is 6. The number of nitriles is 2. The summed E-state index contributed by atoms with van der Waals surface area (Å²) in [4.78, 5) is 26.9. The summed E-state index contributed by atoms with van der Waals surface area (Å²) in [6, 6.07) is 46.8. The summed E-state index contributed by atoms with van der Waals surface area (Å²) in [5, 5.41) is 27.3. The zero-order valence-corrected chi connectivity index (χ0v) is 42.5. The van der Waals surface area contributed by atoms with Crippen LogP contribution in [-0.4, -0.2) is 44.3 Å². The van der Waals surface area contributed by atoms with Gasteiger partial charge in [0.05, 0.1) is 59.2 Å². The Morgan fingerprint density at radius 3 is 1.30 bits per heavy atom. The minimum Gasteiger partial charge on any atom is -0.369 e. The second-order valence-corrected chi connectivity index (χ2v) is 19.6. The zero-order chi connectivity index (χ0) is 53.3. The van der Waals surface area contributed by atoms with Crippen LogP contribution in [-0.2, 0) is 35.4 Å². The van der Waals surface area contributed by atoms with Crippen molar-refractivity contribution < 1.29 is 27.8 Å². The number of aryl methyl sites for hydroxylation is 2. The highest BCUT2D eigenvalue weighted by Crippen LogP contribution is 2.36. The number of rotatable bonds is 20. The topological polar surface area (TPSA) is 188 Å². The van der Waals surface area contributed by atoms with Gasteiger partial charge in [-0.1, -0.05) is 60.7 Å². The van der Waals surface area contributed by atoms with Gasteiger partial charge in [-0.15, -0.1) is 0 Å². The maximum atomic E-state index is 15.0. The van der Waals surface area contributed by atoms with Crippen molar-refractivity contribution in [3.05, 3.63) is 236 Å². The molecule has 12 nitrogen and oxygen atoms in total. The van der Waals surface area contributed by atoms with Crippen LogP contribution >= 0.6 is 0 Å². The molecule has 0 spiro atoms. The Bertz CT molecular complexity index is 3230. The monoisotopic (exact) mass is 1020 g/mol. The number of nitrogens with two attached hydrogens (primary N) is 2. The molecule has 2 saturated carbocycles. The molecule has 0 bridgehead atoms. The molecule has 2 fully saturated rings. The summed E-state index contributed by atoms with van der Waals surface area (Å²) in [5.74, 6) is -0.300. The van der Waals surface area contributed by atoms with Gasteiger partial charge < -0.3 is 20.9 Å². The smallest absolute Gasteiger partial charge is 0.185 e. The number of ether oxygens (including phenoxy) is 2. The third kappa shape index (κ3) is 13.0. The first kappa shape index (κ1) is 52.6. The van der Waals surface area contributed by atoms with Crippen LogP contribution in [0.4, 0.5) is 8.78 Å². The summed E-state index contributed by atoms with van der Waals surface area (Å²) in [6.45, 7) is 5.60. The zero-order valence-electron chi connectivity index (χ0n) is 42.5. The Kier molecular flexibility index (Phi) is 16.6. The van der Waals surface area contributed by atoms with Crippen LogP contribution in [0.2, 0.25) is 0 Å². The van der Waals surface area contributed by atoms with Crippen LogP contribution in [0.3, 0.4) is 0 Å². The molecule has 76 heavy (non-hydrogen) atoms. The standard InChI is InChI=1S/2C31H29FN4O2/c2*1-20-13-29(36(35-20)27-4-2-3-23(14-27)18-34)30(37)16-26-15-25(11-12-28(26)32)31(38-19-22-5-6-22)24-9-7-21(17-33)8-10-24/h2*2-4,7-15,22,31H,5-6,16,18-19,34H2,1H3. The molecule has 8 aromatic rings. The number of Topliss-reactive ketones (excluding diaryl/α,β-unsaturated/α-hetero) is 2. The molecule has 6 aromatic carbocycles. The molecule has 2 unspecified atom stereocenters. The molecule has 0 aliphatic heterocycles. The Morgan fingerprint density at radius 1 is 0.566 bits per heavy atom. The highest BCUT2D eigenvalue weighted by molar-refractivity contribution is 5.97. The van der Waals surface area contributed by atoms with Crippen molar-refractivity contribution in [3.8, 4) is 23.5 Å². The molecular formula is C62H58F2N8O4. The highest BCUT2D eigenvalue weighted by atomic mass is 19.1. The normalized spacial score (nSPS) is 13.7. The van der Waals surface area contributed by atoms with Gasteiger partial charge in [-0.3, -0.25) is 9.59 Å². The van der Waals surface area contributed by atoms with Crippen LogP contribution in [0, 0.1) is 60.0 Å². The molecule has 10 rings (SSSR count). The molecular weight excluding hydrogens is 959 g/mol. The predicted octanol–water partition coefficient (Wildman–Crippen LogP) is 11.2. The van der Waals surface area contributed by atoms with Crippen LogP contribution in [0.5, 0.6) is 0 Å². The fourth-order valence-corrected chi connectivity index (χ4v) is 9.00. The summed E-state index contributed by atoms with van der Waals surface area (Å²) < 4.78 is 45.7. The molecule has 0 saturated heterocycles. The third-order valence-electron chi connectivity index (χ3n) is 13.5. The lowest BCUT2D eigenvalue weighted by molar-refractivity contribution is 0.0716. The quantitative estimate of drug-likeness (QED) is 0.0695. The van der Waals surface area contributed by atoms with Gasteiger partial charge in [0.25, 0.3) is 0 Å². The van der Waals surface area contributed by atoms with Crippen LogP contribution in [0.1, 0.15) is 126 Å². The van der Waals surface area contributed by atoms with E-state index in [1.54, 1.807) is 70.0 Å². The maximum absolute atomic E-state index is 15.0. The van der Waals surface area contributed by atoms with E-state index in [9.17, 15) is 18.4 Å². The number of ketones is 2. The lowest BCUT2D eigenvalue weighted by Gasteiger charge is -2.20. The van der Waals surface area contributed by atoms with Crippen molar-refractivity contribution in [2.45, 2.75) is 77.7 Å². The number of hydrogen-bond donors (Lipinski definition) is 2. The second-order valence-electron chi connectivity index (χ2n) is 19.6. The first-order valence-corrected chi connectivity index (χ1v) is 25.5. The minimum atomic E-state index is -0.448. The summed E-state index contributed by atoms with van der Waals surface area (Å²) in [6.07, 6.45) is 3.48. The van der Waals surface area contributed by atoms with Gasteiger partial charge in [0.15, 0.2) is 11.6 Å². The van der Waals surface area contributed by atoms with Gasteiger partial charge in [-0.2, -0.15) is 20.7 Å². The Hall–Kier alpha value is -8.24. The Balaban J connectivity index is 0.000000186. The fraction of sp³-hybridized carbons (Fsp3) is 0.258. The minimum absolute atomic E-state index is 0.121. The summed E-state index contributed by atoms with van der Waals surface area (Å²) in [7, 11) is 0. The van der Waals surface area contributed by atoms with E-state index in [1.807, 2.05) is 86.6 Å². The molecule has 2 heterocycles. The summed E-state index contributed by atoms with van der Waals surface area (Å²) in [5.41, 5.74) is 22.0. The van der Waals surface area contributed by atoms with Gasteiger partial charge in [0.1, 0.15) is 35.2 Å². The predicted molar refractivity (Wildman–Crippen MR) is 285 cm³/mol. The molecule has 2 aromatic heterocycles. The molecule has 2 aliphatic carbocycles. The molecule has 0 radical (unpaired) electrons. The van der Waals surface area contributed by atoms with E-state index in [4.69, 9.17) is 31.5 Å². The molecule has 4 N–H and O–H groups in total.